The first-order valence-electron chi connectivity index (χ1n) is 7.50. The zero-order valence-corrected chi connectivity index (χ0v) is 13.5. The van der Waals surface area contributed by atoms with Gasteiger partial charge in [-0.05, 0) is 26.7 Å². The van der Waals surface area contributed by atoms with Crippen LogP contribution in [0.5, 0.6) is 0 Å². The standard InChI is InChI=1S/C14H21N3O4S/c1-13(2)8(11(19)20)17-9(18)7(10(17)22-13)16-12(21)14(15)5-3-4-6-14/h7-8,10H,3-6,15H2,1-2H3,(H,16,21)(H,19,20)/t7-,8+,10+/m1/s1. The van der Waals surface area contributed by atoms with Crippen molar-refractivity contribution in [1.82, 2.24) is 10.2 Å². The summed E-state index contributed by atoms with van der Waals surface area (Å²) in [5.74, 6) is -1.63. The Morgan fingerprint density at radius 3 is 2.50 bits per heavy atom. The average molecular weight is 327 g/mol. The van der Waals surface area contributed by atoms with E-state index in [0.29, 0.717) is 12.8 Å². The van der Waals surface area contributed by atoms with Gasteiger partial charge < -0.3 is 21.1 Å². The Hall–Kier alpha value is -1.28. The number of nitrogens with zero attached hydrogens (tertiary/aromatic N) is 1. The molecule has 4 N–H and O–H groups in total. The Balaban J connectivity index is 1.73. The lowest BCUT2D eigenvalue weighted by molar-refractivity contribution is -0.161. The van der Waals surface area contributed by atoms with Gasteiger partial charge in [0.2, 0.25) is 11.8 Å². The maximum Gasteiger partial charge on any atom is 0.327 e. The third kappa shape index (κ3) is 2.11. The number of hydrogen-bond acceptors (Lipinski definition) is 5. The molecule has 7 nitrogen and oxygen atoms in total. The third-order valence-corrected chi connectivity index (χ3v) is 6.48. The quantitative estimate of drug-likeness (QED) is 0.624. The van der Waals surface area contributed by atoms with Gasteiger partial charge in [0, 0.05) is 4.75 Å². The number of β-lactam (4-membered cyclic amide) rings is 1. The van der Waals surface area contributed by atoms with Crippen LogP contribution in [-0.2, 0) is 14.4 Å². The van der Waals surface area contributed by atoms with Gasteiger partial charge in [-0.3, -0.25) is 9.59 Å². The van der Waals surface area contributed by atoms with E-state index in [4.69, 9.17) is 5.73 Å². The van der Waals surface area contributed by atoms with Crippen molar-refractivity contribution in [3.63, 3.8) is 0 Å². The molecule has 3 rings (SSSR count). The summed E-state index contributed by atoms with van der Waals surface area (Å²) in [6, 6.07) is -1.52. The molecule has 2 aliphatic heterocycles. The minimum atomic E-state index is -1.01. The number of amides is 2. The third-order valence-electron chi connectivity index (χ3n) is 4.91. The molecule has 1 aliphatic carbocycles. The minimum Gasteiger partial charge on any atom is -0.480 e. The summed E-state index contributed by atoms with van der Waals surface area (Å²) in [5.41, 5.74) is 5.22. The molecule has 8 heteroatoms. The van der Waals surface area contributed by atoms with E-state index in [1.54, 1.807) is 0 Å². The summed E-state index contributed by atoms with van der Waals surface area (Å²) >= 11 is 1.42. The fourth-order valence-corrected chi connectivity index (χ4v) is 5.29. The van der Waals surface area contributed by atoms with Crippen molar-refractivity contribution in [3.8, 4) is 0 Å². The smallest absolute Gasteiger partial charge is 0.327 e. The van der Waals surface area contributed by atoms with Gasteiger partial charge in [-0.15, -0.1) is 11.8 Å². The number of nitrogens with two attached hydrogens (primary N) is 1. The molecule has 22 heavy (non-hydrogen) atoms. The number of carboxylic acid groups (broad SMARTS) is 1. The van der Waals surface area contributed by atoms with Crippen LogP contribution in [-0.4, -0.2) is 55.5 Å². The van der Waals surface area contributed by atoms with Crippen molar-refractivity contribution < 1.29 is 19.5 Å². The molecule has 2 saturated heterocycles. The van der Waals surface area contributed by atoms with Crippen molar-refractivity contribution in [1.29, 1.82) is 0 Å². The maximum atomic E-state index is 12.3. The Labute approximate surface area is 133 Å². The predicted molar refractivity (Wildman–Crippen MR) is 81.0 cm³/mol. The molecule has 3 fully saturated rings. The molecule has 2 amide bonds. The highest BCUT2D eigenvalue weighted by atomic mass is 32.2. The topological polar surface area (TPSA) is 113 Å². The van der Waals surface area contributed by atoms with Gasteiger partial charge in [0.15, 0.2) is 0 Å². The second kappa shape index (κ2) is 4.86. The van der Waals surface area contributed by atoms with E-state index in [2.05, 4.69) is 5.32 Å². The van der Waals surface area contributed by atoms with E-state index >= 15 is 0 Å². The molecule has 0 bridgehead atoms. The minimum absolute atomic E-state index is 0.291. The highest BCUT2D eigenvalue weighted by molar-refractivity contribution is 8.01. The van der Waals surface area contributed by atoms with Gasteiger partial charge in [-0.2, -0.15) is 0 Å². The van der Waals surface area contributed by atoms with E-state index in [0.717, 1.165) is 12.8 Å². The molecule has 0 radical (unpaired) electrons. The Morgan fingerprint density at radius 2 is 1.95 bits per heavy atom. The van der Waals surface area contributed by atoms with Crippen LogP contribution in [0.3, 0.4) is 0 Å². The van der Waals surface area contributed by atoms with Crippen LogP contribution in [0.15, 0.2) is 0 Å². The van der Waals surface area contributed by atoms with Crippen molar-refractivity contribution in [3.05, 3.63) is 0 Å². The van der Waals surface area contributed by atoms with Crippen molar-refractivity contribution >= 4 is 29.5 Å². The summed E-state index contributed by atoms with van der Waals surface area (Å²) in [4.78, 5) is 37.4. The van der Waals surface area contributed by atoms with Crippen LogP contribution in [0, 0.1) is 0 Å². The molecule has 1 saturated carbocycles. The SMILES string of the molecule is CC1(C)S[C@H]2[C@H](NC(=O)C3(N)CCCC3)C(=O)N2[C@H]1C(=O)O. The average Bonchev–Trinajstić information content (AvgIpc) is 2.96. The molecular formula is C14H21N3O4S. The van der Waals surface area contributed by atoms with Crippen LogP contribution < -0.4 is 11.1 Å². The second-order valence-electron chi connectivity index (χ2n) is 6.91. The fourth-order valence-electron chi connectivity index (χ4n) is 3.66. The number of carbonyl (C=O) groups excluding carboxylic acids is 2. The Kier molecular flexibility index (Phi) is 3.45. The lowest BCUT2D eigenvalue weighted by atomic mass is 9.94. The van der Waals surface area contributed by atoms with Gasteiger partial charge in [-0.1, -0.05) is 12.8 Å². The summed E-state index contributed by atoms with van der Waals surface area (Å²) < 4.78 is -0.584. The molecule has 2 heterocycles. The molecule has 0 aromatic rings. The Bertz CT molecular complexity index is 544. The molecule has 0 unspecified atom stereocenters. The number of nitrogens with one attached hydrogen (secondary N) is 1. The van der Waals surface area contributed by atoms with Crippen LogP contribution in [0.4, 0.5) is 0 Å². The zero-order chi connectivity index (χ0) is 16.3. The van der Waals surface area contributed by atoms with E-state index in [1.807, 2.05) is 13.8 Å². The second-order valence-corrected chi connectivity index (χ2v) is 8.68. The van der Waals surface area contributed by atoms with Gasteiger partial charge in [0.05, 0.1) is 5.54 Å². The molecule has 3 atom stereocenters. The fraction of sp³-hybridized carbons (Fsp3) is 0.786. The number of carbonyl (C=O) groups is 3. The number of rotatable bonds is 3. The highest BCUT2D eigenvalue weighted by Gasteiger charge is 2.64. The van der Waals surface area contributed by atoms with Gasteiger partial charge in [-0.25, -0.2) is 4.79 Å². The first-order valence-corrected chi connectivity index (χ1v) is 8.38. The van der Waals surface area contributed by atoms with E-state index < -0.39 is 28.3 Å². The number of fused-ring (bicyclic) bond motifs is 1. The van der Waals surface area contributed by atoms with Gasteiger partial charge >= 0.3 is 5.97 Å². The molecule has 0 aromatic heterocycles. The van der Waals surface area contributed by atoms with Gasteiger partial charge in [0.1, 0.15) is 17.5 Å². The molecular weight excluding hydrogens is 306 g/mol. The number of carboxylic acids is 1. The molecule has 122 valence electrons. The number of hydrogen-bond donors (Lipinski definition) is 3. The first-order chi connectivity index (χ1) is 10.2. The summed E-state index contributed by atoms with van der Waals surface area (Å²) in [5, 5.41) is 11.8. The largest absolute Gasteiger partial charge is 0.480 e. The van der Waals surface area contributed by atoms with Crippen LogP contribution >= 0.6 is 11.8 Å². The van der Waals surface area contributed by atoms with E-state index in [9.17, 15) is 19.5 Å². The van der Waals surface area contributed by atoms with Crippen LogP contribution in [0.25, 0.3) is 0 Å². The Morgan fingerprint density at radius 1 is 1.36 bits per heavy atom. The zero-order valence-electron chi connectivity index (χ0n) is 12.7. The van der Waals surface area contributed by atoms with E-state index in [1.165, 1.54) is 16.7 Å². The number of aliphatic carboxylic acids is 1. The molecule has 3 aliphatic rings. The lowest BCUT2D eigenvalue weighted by Crippen LogP contribution is -2.72. The lowest BCUT2D eigenvalue weighted by Gasteiger charge is -2.44. The van der Waals surface area contributed by atoms with Crippen molar-refractivity contribution in [2.75, 3.05) is 0 Å². The number of thioether (sulfide) groups is 1. The molecule has 0 spiro atoms. The maximum absolute atomic E-state index is 12.3. The van der Waals surface area contributed by atoms with Crippen molar-refractivity contribution in [2.24, 2.45) is 5.73 Å². The summed E-state index contributed by atoms with van der Waals surface area (Å²) in [6.07, 6.45) is 3.09. The first kappa shape index (κ1) is 15.6. The normalized spacial score (nSPS) is 35.0. The summed E-state index contributed by atoms with van der Waals surface area (Å²) in [6.45, 7) is 3.62. The van der Waals surface area contributed by atoms with E-state index in [-0.39, 0.29) is 17.2 Å². The van der Waals surface area contributed by atoms with Crippen LogP contribution in [0.1, 0.15) is 39.5 Å². The van der Waals surface area contributed by atoms with Crippen molar-refractivity contribution in [2.45, 2.75) is 67.3 Å². The summed E-state index contributed by atoms with van der Waals surface area (Å²) in [7, 11) is 0. The monoisotopic (exact) mass is 327 g/mol. The van der Waals surface area contributed by atoms with Crippen LogP contribution in [0.2, 0.25) is 0 Å². The highest BCUT2D eigenvalue weighted by Crippen LogP contribution is 2.50. The molecule has 0 aromatic carbocycles. The van der Waals surface area contributed by atoms with Gasteiger partial charge in [0.25, 0.3) is 0 Å². The predicted octanol–water partition coefficient (Wildman–Crippen LogP) is -0.110.